The van der Waals surface area contributed by atoms with Crippen LogP contribution in [0.25, 0.3) is 0 Å². The summed E-state index contributed by atoms with van der Waals surface area (Å²) in [7, 11) is -1.48. The number of hydrogen-bond donors (Lipinski definition) is 1. The van der Waals surface area contributed by atoms with Crippen LogP contribution in [-0.4, -0.2) is 21.4 Å². The zero-order valence-corrected chi connectivity index (χ0v) is 12.5. The van der Waals surface area contributed by atoms with Crippen LogP contribution in [0.1, 0.15) is 33.3 Å². The molecule has 0 amide bonds. The molecule has 0 spiro atoms. The summed E-state index contributed by atoms with van der Waals surface area (Å²) in [6.07, 6.45) is -1.54. The predicted octanol–water partition coefficient (Wildman–Crippen LogP) is 2.49. The van der Waals surface area contributed by atoms with Crippen LogP contribution in [0.4, 0.5) is 4.39 Å². The molecule has 5 heteroatoms. The van der Waals surface area contributed by atoms with Gasteiger partial charge in [-0.05, 0) is 33.3 Å². The second-order valence-electron chi connectivity index (χ2n) is 5.59. The van der Waals surface area contributed by atoms with E-state index in [0.29, 0.717) is 5.56 Å². The third-order valence-electron chi connectivity index (χ3n) is 2.91. The Balaban J connectivity index is 3.15. The van der Waals surface area contributed by atoms with Crippen LogP contribution >= 0.6 is 0 Å². The maximum Gasteiger partial charge on any atom is 0.178 e. The first-order chi connectivity index (χ1) is 8.71. The summed E-state index contributed by atoms with van der Waals surface area (Å²) in [5, 5.41) is 0. The molecule has 1 rings (SSSR count). The van der Waals surface area contributed by atoms with Gasteiger partial charge in [-0.15, -0.1) is 0 Å². The van der Waals surface area contributed by atoms with Crippen LogP contribution in [0.2, 0.25) is 0 Å². The van der Waals surface area contributed by atoms with Gasteiger partial charge in [0.25, 0.3) is 0 Å². The van der Waals surface area contributed by atoms with Gasteiger partial charge in [-0.3, -0.25) is 0 Å². The van der Waals surface area contributed by atoms with E-state index < -0.39 is 27.4 Å². The Labute approximate surface area is 116 Å². The van der Waals surface area contributed by atoms with Gasteiger partial charge in [-0.2, -0.15) is 0 Å². The summed E-state index contributed by atoms with van der Waals surface area (Å²) >= 11 is 0. The first-order valence-electron chi connectivity index (χ1n) is 6.06. The molecule has 0 heterocycles. The number of nitrogens with one attached hydrogen (secondary N) is 1. The van der Waals surface area contributed by atoms with Crippen molar-refractivity contribution in [2.45, 2.75) is 44.2 Å². The first-order valence-corrected chi connectivity index (χ1v) is 7.21. The van der Waals surface area contributed by atoms with Crippen LogP contribution < -0.4 is 4.72 Å². The molecule has 0 aliphatic heterocycles. The molecular weight excluding hydrogens is 265 g/mol. The SMILES string of the molecule is CC(C)(C)[S@@](=O)N[C@](C)(c1ccccc1)[C@@H](F)C=O. The third kappa shape index (κ3) is 3.70. The topological polar surface area (TPSA) is 46.2 Å². The Morgan fingerprint density at radius 1 is 1.21 bits per heavy atom. The van der Waals surface area contributed by atoms with Crippen molar-refractivity contribution in [2.24, 2.45) is 0 Å². The normalized spacial score (nSPS) is 18.4. The van der Waals surface area contributed by atoms with E-state index in [4.69, 9.17) is 0 Å². The number of benzene rings is 1. The Morgan fingerprint density at radius 3 is 2.16 bits per heavy atom. The van der Waals surface area contributed by atoms with Crippen molar-refractivity contribution < 1.29 is 13.4 Å². The third-order valence-corrected chi connectivity index (χ3v) is 4.63. The van der Waals surface area contributed by atoms with Gasteiger partial charge in [0.2, 0.25) is 0 Å². The van der Waals surface area contributed by atoms with E-state index in [1.807, 2.05) is 0 Å². The van der Waals surface area contributed by atoms with Crippen molar-refractivity contribution in [2.75, 3.05) is 0 Å². The average Bonchev–Trinajstić information content (AvgIpc) is 2.37. The van der Waals surface area contributed by atoms with Crippen LogP contribution in [-0.2, 0) is 21.3 Å². The van der Waals surface area contributed by atoms with Crippen molar-refractivity contribution in [3.8, 4) is 0 Å². The number of carbonyl (C=O) groups is 1. The molecule has 1 aromatic carbocycles. The van der Waals surface area contributed by atoms with Gasteiger partial charge in [0, 0.05) is 0 Å². The molecule has 0 bridgehead atoms. The fourth-order valence-electron chi connectivity index (χ4n) is 1.54. The Hall–Kier alpha value is -1.07. The van der Waals surface area contributed by atoms with E-state index in [1.165, 1.54) is 0 Å². The molecule has 1 N–H and O–H groups in total. The summed E-state index contributed by atoms with van der Waals surface area (Å²) in [6.45, 7) is 6.91. The summed E-state index contributed by atoms with van der Waals surface area (Å²) in [6, 6.07) is 8.74. The van der Waals surface area contributed by atoms with Crippen LogP contribution in [0.3, 0.4) is 0 Å². The first kappa shape index (κ1) is 16.0. The monoisotopic (exact) mass is 285 g/mol. The van der Waals surface area contributed by atoms with E-state index in [1.54, 1.807) is 58.0 Å². The molecule has 0 aliphatic carbocycles. The highest BCUT2D eigenvalue weighted by molar-refractivity contribution is 7.84. The molecule has 3 nitrogen and oxygen atoms in total. The minimum Gasteiger partial charge on any atom is -0.300 e. The highest BCUT2D eigenvalue weighted by Crippen LogP contribution is 2.28. The number of hydrogen-bond acceptors (Lipinski definition) is 2. The Morgan fingerprint density at radius 2 is 1.74 bits per heavy atom. The largest absolute Gasteiger partial charge is 0.300 e. The molecule has 0 aromatic heterocycles. The van der Waals surface area contributed by atoms with Crippen molar-refractivity contribution in [3.05, 3.63) is 35.9 Å². The van der Waals surface area contributed by atoms with Crippen LogP contribution in [0.5, 0.6) is 0 Å². The van der Waals surface area contributed by atoms with Crippen molar-refractivity contribution in [3.63, 3.8) is 0 Å². The zero-order valence-electron chi connectivity index (χ0n) is 11.6. The molecular formula is C14H20FNO2S. The van der Waals surface area contributed by atoms with Crippen molar-refractivity contribution >= 4 is 17.3 Å². The highest BCUT2D eigenvalue weighted by atomic mass is 32.2. The summed E-state index contributed by atoms with van der Waals surface area (Å²) in [5.74, 6) is 0. The lowest BCUT2D eigenvalue weighted by Crippen LogP contribution is -2.52. The summed E-state index contributed by atoms with van der Waals surface area (Å²) in [5.41, 5.74) is -0.714. The average molecular weight is 285 g/mol. The Kier molecular flexibility index (Phi) is 4.98. The van der Waals surface area contributed by atoms with Crippen molar-refractivity contribution in [1.29, 1.82) is 0 Å². The van der Waals surface area contributed by atoms with E-state index in [0.717, 1.165) is 0 Å². The van der Waals surface area contributed by atoms with Gasteiger partial charge in [0.05, 0.1) is 21.3 Å². The minimum absolute atomic E-state index is 0.236. The van der Waals surface area contributed by atoms with Crippen LogP contribution in [0.15, 0.2) is 30.3 Å². The Bertz CT molecular complexity index is 458. The molecule has 0 fully saturated rings. The number of rotatable bonds is 5. The van der Waals surface area contributed by atoms with E-state index in [2.05, 4.69) is 4.72 Å². The predicted molar refractivity (Wildman–Crippen MR) is 75.8 cm³/mol. The number of alkyl halides is 1. The van der Waals surface area contributed by atoms with Crippen molar-refractivity contribution in [1.82, 2.24) is 4.72 Å². The van der Waals surface area contributed by atoms with Gasteiger partial charge in [-0.25, -0.2) is 13.3 Å². The zero-order chi connectivity index (χ0) is 14.7. The van der Waals surface area contributed by atoms with Gasteiger partial charge >= 0.3 is 0 Å². The lowest BCUT2D eigenvalue weighted by atomic mass is 9.89. The molecule has 106 valence electrons. The molecule has 0 saturated heterocycles. The highest BCUT2D eigenvalue weighted by Gasteiger charge is 2.39. The maximum absolute atomic E-state index is 14.0. The number of aldehydes is 1. The molecule has 19 heavy (non-hydrogen) atoms. The lowest BCUT2D eigenvalue weighted by Gasteiger charge is -2.34. The molecule has 0 unspecified atom stereocenters. The smallest absolute Gasteiger partial charge is 0.178 e. The molecule has 0 radical (unpaired) electrons. The molecule has 0 saturated carbocycles. The lowest BCUT2D eigenvalue weighted by molar-refractivity contribution is -0.114. The molecule has 1 aromatic rings. The van der Waals surface area contributed by atoms with E-state index in [9.17, 15) is 13.4 Å². The van der Waals surface area contributed by atoms with Gasteiger partial charge < -0.3 is 4.79 Å². The maximum atomic E-state index is 14.0. The molecule has 0 aliphatic rings. The second kappa shape index (κ2) is 5.92. The standard InChI is InChI=1S/C14H20FNO2S/c1-13(2,3)19(18)16-14(4,12(15)10-17)11-8-6-5-7-9-11/h5-10,12,16H,1-4H3/t12-,14+,19+/m0/s1. The van der Waals surface area contributed by atoms with Gasteiger partial charge in [-0.1, -0.05) is 30.3 Å². The quantitative estimate of drug-likeness (QED) is 0.845. The number of carbonyl (C=O) groups excluding carboxylic acids is 1. The van der Waals surface area contributed by atoms with Gasteiger partial charge in [0.15, 0.2) is 12.5 Å². The summed E-state index contributed by atoms with van der Waals surface area (Å²) < 4.78 is 28.5. The second-order valence-corrected chi connectivity index (χ2v) is 7.56. The van der Waals surface area contributed by atoms with E-state index >= 15 is 0 Å². The summed E-state index contributed by atoms with van der Waals surface area (Å²) in [4.78, 5) is 10.8. The van der Waals surface area contributed by atoms with E-state index in [-0.39, 0.29) is 6.29 Å². The number of halogens is 1. The fraction of sp³-hybridized carbons (Fsp3) is 0.500. The van der Waals surface area contributed by atoms with Crippen LogP contribution in [0, 0.1) is 0 Å². The molecule has 3 atom stereocenters. The van der Waals surface area contributed by atoms with Gasteiger partial charge in [0.1, 0.15) is 0 Å². The minimum atomic E-state index is -1.78. The fourth-order valence-corrected chi connectivity index (χ4v) is 2.46.